The number of carbonyl (C=O) groups is 1. The molecule has 2 atom stereocenters. The van der Waals surface area contributed by atoms with E-state index in [0.29, 0.717) is 6.54 Å². The Balaban J connectivity index is 2.49. The van der Waals surface area contributed by atoms with Crippen LogP contribution in [0.3, 0.4) is 0 Å². The molecule has 100 valence electrons. The molecule has 0 fully saturated rings. The average molecular weight is 248 g/mol. The van der Waals surface area contributed by atoms with Crippen molar-refractivity contribution >= 4 is 5.91 Å². The summed E-state index contributed by atoms with van der Waals surface area (Å²) in [5, 5.41) is 6.08. The second-order valence-electron chi connectivity index (χ2n) is 5.00. The fourth-order valence-electron chi connectivity index (χ4n) is 2.00. The number of carbonyl (C=O) groups excluding carboxylic acids is 1. The Morgan fingerprint density at radius 2 is 1.94 bits per heavy atom. The predicted octanol–water partition coefficient (Wildman–Crippen LogP) is 1.90. The Labute approximate surface area is 110 Å². The zero-order valence-electron chi connectivity index (χ0n) is 11.8. The zero-order valence-corrected chi connectivity index (χ0v) is 11.8. The number of rotatable bonds is 6. The third kappa shape index (κ3) is 4.49. The third-order valence-corrected chi connectivity index (χ3v) is 3.13. The summed E-state index contributed by atoms with van der Waals surface area (Å²) in [6, 6.07) is 8.47. The SMILES string of the molecule is CNCC(C)C(=O)NC(C)Cc1ccccc1C. The maximum absolute atomic E-state index is 11.9. The van der Waals surface area contributed by atoms with Crippen LogP contribution in [0, 0.1) is 12.8 Å². The van der Waals surface area contributed by atoms with Gasteiger partial charge in [-0.1, -0.05) is 31.2 Å². The van der Waals surface area contributed by atoms with Gasteiger partial charge in [0.05, 0.1) is 0 Å². The molecule has 0 aliphatic carbocycles. The Bertz CT molecular complexity index is 390. The van der Waals surface area contributed by atoms with Gasteiger partial charge in [0.15, 0.2) is 0 Å². The van der Waals surface area contributed by atoms with Gasteiger partial charge in [-0.15, -0.1) is 0 Å². The van der Waals surface area contributed by atoms with Crippen LogP contribution in [-0.2, 0) is 11.2 Å². The lowest BCUT2D eigenvalue weighted by Gasteiger charge is -2.18. The predicted molar refractivity (Wildman–Crippen MR) is 75.6 cm³/mol. The minimum atomic E-state index is 0.00863. The molecule has 0 bridgehead atoms. The maximum Gasteiger partial charge on any atom is 0.224 e. The molecule has 0 heterocycles. The lowest BCUT2D eigenvalue weighted by Crippen LogP contribution is -2.40. The third-order valence-electron chi connectivity index (χ3n) is 3.13. The summed E-state index contributed by atoms with van der Waals surface area (Å²) >= 11 is 0. The molecule has 0 spiro atoms. The summed E-state index contributed by atoms with van der Waals surface area (Å²) in [6.07, 6.45) is 0.880. The van der Waals surface area contributed by atoms with Crippen molar-refractivity contribution in [1.82, 2.24) is 10.6 Å². The standard InChI is InChI=1S/C15H24N2O/c1-11-7-5-6-8-14(11)9-13(3)17-15(18)12(2)10-16-4/h5-8,12-13,16H,9-10H2,1-4H3,(H,17,18). The van der Waals surface area contributed by atoms with Gasteiger partial charge in [-0.05, 0) is 38.4 Å². The summed E-state index contributed by atoms with van der Waals surface area (Å²) in [6.45, 7) is 6.80. The fraction of sp³-hybridized carbons (Fsp3) is 0.533. The van der Waals surface area contributed by atoms with E-state index in [4.69, 9.17) is 0 Å². The van der Waals surface area contributed by atoms with Crippen molar-refractivity contribution < 1.29 is 4.79 Å². The van der Waals surface area contributed by atoms with E-state index in [0.717, 1.165) is 6.42 Å². The Morgan fingerprint density at radius 1 is 1.28 bits per heavy atom. The molecular formula is C15H24N2O. The molecule has 1 aromatic carbocycles. The first-order valence-electron chi connectivity index (χ1n) is 6.54. The van der Waals surface area contributed by atoms with Gasteiger partial charge in [-0.25, -0.2) is 0 Å². The quantitative estimate of drug-likeness (QED) is 0.807. The van der Waals surface area contributed by atoms with E-state index in [1.807, 2.05) is 26.1 Å². The number of hydrogen-bond donors (Lipinski definition) is 2. The van der Waals surface area contributed by atoms with Crippen LogP contribution in [-0.4, -0.2) is 25.5 Å². The van der Waals surface area contributed by atoms with E-state index in [1.165, 1.54) is 11.1 Å². The molecule has 3 nitrogen and oxygen atoms in total. The molecule has 0 aromatic heterocycles. The molecule has 0 aliphatic heterocycles. The molecule has 1 rings (SSSR count). The maximum atomic E-state index is 11.9. The summed E-state index contributed by atoms with van der Waals surface area (Å²) in [7, 11) is 1.86. The Kier molecular flexibility index (Phi) is 5.86. The van der Waals surface area contributed by atoms with Crippen LogP contribution in [0.15, 0.2) is 24.3 Å². The lowest BCUT2D eigenvalue weighted by molar-refractivity contribution is -0.124. The van der Waals surface area contributed by atoms with Crippen LogP contribution in [0.4, 0.5) is 0 Å². The molecule has 3 heteroatoms. The largest absolute Gasteiger partial charge is 0.353 e. The van der Waals surface area contributed by atoms with E-state index in [1.54, 1.807) is 0 Å². The number of benzene rings is 1. The first-order chi connectivity index (χ1) is 8.54. The highest BCUT2D eigenvalue weighted by Crippen LogP contribution is 2.09. The normalized spacial score (nSPS) is 14.0. The second-order valence-corrected chi connectivity index (χ2v) is 5.00. The average Bonchev–Trinajstić information content (AvgIpc) is 2.32. The molecular weight excluding hydrogens is 224 g/mol. The Hall–Kier alpha value is -1.35. The minimum absolute atomic E-state index is 0.00863. The highest BCUT2D eigenvalue weighted by molar-refractivity contribution is 5.78. The number of nitrogens with one attached hydrogen (secondary N) is 2. The summed E-state index contributed by atoms with van der Waals surface area (Å²) in [5.41, 5.74) is 2.58. The van der Waals surface area contributed by atoms with Crippen LogP contribution in [0.25, 0.3) is 0 Å². The van der Waals surface area contributed by atoms with Crippen LogP contribution >= 0.6 is 0 Å². The molecule has 2 unspecified atom stereocenters. The highest BCUT2D eigenvalue weighted by Gasteiger charge is 2.14. The van der Waals surface area contributed by atoms with Gasteiger partial charge in [-0.2, -0.15) is 0 Å². The fourth-order valence-corrected chi connectivity index (χ4v) is 2.00. The molecule has 0 radical (unpaired) electrons. The van der Waals surface area contributed by atoms with Crippen LogP contribution in [0.5, 0.6) is 0 Å². The molecule has 0 saturated carbocycles. The van der Waals surface area contributed by atoms with Crippen LogP contribution in [0.2, 0.25) is 0 Å². The lowest BCUT2D eigenvalue weighted by atomic mass is 10.0. The van der Waals surface area contributed by atoms with Gasteiger partial charge in [0, 0.05) is 18.5 Å². The van der Waals surface area contributed by atoms with Crippen molar-refractivity contribution in [3.05, 3.63) is 35.4 Å². The van der Waals surface area contributed by atoms with E-state index in [9.17, 15) is 4.79 Å². The van der Waals surface area contributed by atoms with Gasteiger partial charge in [0.2, 0.25) is 5.91 Å². The van der Waals surface area contributed by atoms with Gasteiger partial charge in [-0.3, -0.25) is 4.79 Å². The van der Waals surface area contributed by atoms with Crippen LogP contribution in [0.1, 0.15) is 25.0 Å². The van der Waals surface area contributed by atoms with E-state index in [-0.39, 0.29) is 17.9 Å². The number of amides is 1. The molecule has 2 N–H and O–H groups in total. The summed E-state index contributed by atoms with van der Waals surface area (Å²) in [5.74, 6) is 0.125. The second kappa shape index (κ2) is 7.17. The number of aryl methyl sites for hydroxylation is 1. The molecule has 0 saturated heterocycles. The van der Waals surface area contributed by atoms with E-state index in [2.05, 4.69) is 36.6 Å². The topological polar surface area (TPSA) is 41.1 Å². The van der Waals surface area contributed by atoms with Gasteiger partial charge in [0.1, 0.15) is 0 Å². The van der Waals surface area contributed by atoms with Crippen molar-refractivity contribution in [2.24, 2.45) is 5.92 Å². The van der Waals surface area contributed by atoms with Gasteiger partial charge in [0.25, 0.3) is 0 Å². The van der Waals surface area contributed by atoms with E-state index < -0.39 is 0 Å². The van der Waals surface area contributed by atoms with Crippen molar-refractivity contribution in [3.63, 3.8) is 0 Å². The van der Waals surface area contributed by atoms with Crippen molar-refractivity contribution in [3.8, 4) is 0 Å². The number of hydrogen-bond acceptors (Lipinski definition) is 2. The first-order valence-corrected chi connectivity index (χ1v) is 6.54. The monoisotopic (exact) mass is 248 g/mol. The van der Waals surface area contributed by atoms with Crippen molar-refractivity contribution in [1.29, 1.82) is 0 Å². The van der Waals surface area contributed by atoms with Crippen LogP contribution < -0.4 is 10.6 Å². The molecule has 1 amide bonds. The van der Waals surface area contributed by atoms with E-state index >= 15 is 0 Å². The minimum Gasteiger partial charge on any atom is -0.353 e. The highest BCUT2D eigenvalue weighted by atomic mass is 16.1. The van der Waals surface area contributed by atoms with Crippen molar-refractivity contribution in [2.45, 2.75) is 33.2 Å². The molecule has 1 aromatic rings. The van der Waals surface area contributed by atoms with Gasteiger partial charge < -0.3 is 10.6 Å². The summed E-state index contributed by atoms with van der Waals surface area (Å²) < 4.78 is 0. The smallest absolute Gasteiger partial charge is 0.224 e. The van der Waals surface area contributed by atoms with Gasteiger partial charge >= 0.3 is 0 Å². The first kappa shape index (κ1) is 14.7. The molecule has 18 heavy (non-hydrogen) atoms. The molecule has 0 aliphatic rings. The summed E-state index contributed by atoms with van der Waals surface area (Å²) in [4.78, 5) is 11.9. The van der Waals surface area contributed by atoms with Crippen molar-refractivity contribution in [2.75, 3.05) is 13.6 Å². The Morgan fingerprint density at radius 3 is 2.56 bits per heavy atom. The zero-order chi connectivity index (χ0) is 13.5.